The van der Waals surface area contributed by atoms with Crippen LogP contribution < -0.4 is 5.32 Å². The predicted molar refractivity (Wildman–Crippen MR) is 55.4 cm³/mol. The molecule has 0 aromatic heterocycles. The van der Waals surface area contributed by atoms with E-state index in [0.29, 0.717) is 12.2 Å². The van der Waals surface area contributed by atoms with Crippen molar-refractivity contribution in [1.29, 1.82) is 0 Å². The lowest BCUT2D eigenvalue weighted by molar-refractivity contribution is -0.207. The predicted octanol–water partition coefficient (Wildman–Crippen LogP) is 1.32. The van der Waals surface area contributed by atoms with E-state index in [1.165, 1.54) is 0 Å². The fourth-order valence-electron chi connectivity index (χ4n) is 2.49. The van der Waals surface area contributed by atoms with Gasteiger partial charge in [0.2, 0.25) is 0 Å². The topological polar surface area (TPSA) is 30.5 Å². The van der Waals surface area contributed by atoms with Gasteiger partial charge in [-0.3, -0.25) is 0 Å². The third-order valence-corrected chi connectivity index (χ3v) is 3.29. The van der Waals surface area contributed by atoms with E-state index in [0.717, 1.165) is 39.0 Å². The molecule has 0 amide bonds. The molecule has 2 fully saturated rings. The summed E-state index contributed by atoms with van der Waals surface area (Å²) < 4.78 is 11.7. The summed E-state index contributed by atoms with van der Waals surface area (Å²) in [6.07, 6.45) is 4.10. The van der Waals surface area contributed by atoms with Gasteiger partial charge in [-0.25, -0.2) is 0 Å². The minimum atomic E-state index is 0.110. The van der Waals surface area contributed by atoms with Crippen LogP contribution in [-0.2, 0) is 9.47 Å². The van der Waals surface area contributed by atoms with E-state index in [9.17, 15) is 0 Å². The highest BCUT2D eigenvalue weighted by molar-refractivity contribution is 5.01. The fourth-order valence-corrected chi connectivity index (χ4v) is 2.49. The Morgan fingerprint density at radius 3 is 2.86 bits per heavy atom. The molecule has 2 aliphatic rings. The molecule has 0 bridgehead atoms. The molecule has 3 heteroatoms. The lowest BCUT2D eigenvalue weighted by Gasteiger charge is -2.51. The highest BCUT2D eigenvalue weighted by Gasteiger charge is 2.48. The number of hydrogen-bond acceptors (Lipinski definition) is 3. The second kappa shape index (κ2) is 4.17. The van der Waals surface area contributed by atoms with Crippen molar-refractivity contribution in [2.45, 2.75) is 50.9 Å². The zero-order valence-corrected chi connectivity index (χ0v) is 9.21. The molecule has 1 aliphatic heterocycles. The molecule has 0 aromatic carbocycles. The molecule has 1 N–H and O–H groups in total. The Hall–Kier alpha value is -0.120. The van der Waals surface area contributed by atoms with Crippen molar-refractivity contribution in [2.75, 3.05) is 19.7 Å². The normalized spacial score (nSPS) is 42.4. The van der Waals surface area contributed by atoms with Crippen LogP contribution in [0.4, 0.5) is 0 Å². The van der Waals surface area contributed by atoms with Gasteiger partial charge in [-0.05, 0) is 13.3 Å². The molecule has 1 aliphatic carbocycles. The maximum absolute atomic E-state index is 6.09. The number of nitrogens with one attached hydrogen (secondary N) is 1. The standard InChI is InChI=1S/C11H21NO2/c1-3-9-7-12-8-11(14-9)5-10(6-11)13-4-2/h9-10,12H,3-8H2,1-2H3. The second-order valence-electron chi connectivity index (χ2n) is 4.45. The van der Waals surface area contributed by atoms with E-state index in [4.69, 9.17) is 9.47 Å². The smallest absolute Gasteiger partial charge is 0.0860 e. The summed E-state index contributed by atoms with van der Waals surface area (Å²) in [6.45, 7) is 7.08. The Labute approximate surface area is 86.2 Å². The van der Waals surface area contributed by atoms with Gasteiger partial charge in [-0.2, -0.15) is 0 Å². The summed E-state index contributed by atoms with van der Waals surface area (Å²) >= 11 is 0. The average molecular weight is 199 g/mol. The highest BCUT2D eigenvalue weighted by Crippen LogP contribution is 2.40. The van der Waals surface area contributed by atoms with Crippen LogP contribution in [0, 0.1) is 0 Å². The molecular formula is C11H21NO2. The maximum Gasteiger partial charge on any atom is 0.0860 e. The van der Waals surface area contributed by atoms with Crippen LogP contribution in [-0.4, -0.2) is 37.5 Å². The van der Waals surface area contributed by atoms with Crippen LogP contribution in [0.3, 0.4) is 0 Å². The zero-order valence-electron chi connectivity index (χ0n) is 9.21. The lowest BCUT2D eigenvalue weighted by Crippen LogP contribution is -2.62. The van der Waals surface area contributed by atoms with E-state index in [1.54, 1.807) is 0 Å². The van der Waals surface area contributed by atoms with E-state index >= 15 is 0 Å². The summed E-state index contributed by atoms with van der Waals surface area (Å²) in [5.74, 6) is 0. The molecule has 1 saturated heterocycles. The van der Waals surface area contributed by atoms with Crippen LogP contribution in [0.5, 0.6) is 0 Å². The Morgan fingerprint density at radius 2 is 2.21 bits per heavy atom. The van der Waals surface area contributed by atoms with Crippen molar-refractivity contribution >= 4 is 0 Å². The minimum absolute atomic E-state index is 0.110. The average Bonchev–Trinajstić information content (AvgIpc) is 2.16. The first kappa shape index (κ1) is 10.4. The van der Waals surface area contributed by atoms with Crippen molar-refractivity contribution in [2.24, 2.45) is 0 Å². The fraction of sp³-hybridized carbons (Fsp3) is 1.00. The first-order valence-corrected chi connectivity index (χ1v) is 5.78. The molecule has 3 nitrogen and oxygen atoms in total. The third kappa shape index (κ3) is 1.95. The molecule has 82 valence electrons. The number of ether oxygens (including phenoxy) is 2. The molecule has 1 spiro atoms. The molecule has 1 heterocycles. The summed E-state index contributed by atoms with van der Waals surface area (Å²) in [5, 5.41) is 3.46. The third-order valence-electron chi connectivity index (χ3n) is 3.29. The molecule has 14 heavy (non-hydrogen) atoms. The quantitative estimate of drug-likeness (QED) is 0.743. The Balaban J connectivity index is 1.81. The van der Waals surface area contributed by atoms with Crippen LogP contribution in [0.2, 0.25) is 0 Å². The van der Waals surface area contributed by atoms with E-state index in [-0.39, 0.29) is 5.60 Å². The molecular weight excluding hydrogens is 178 g/mol. The monoisotopic (exact) mass is 199 g/mol. The SMILES string of the molecule is CCOC1CC2(CNCC(CC)O2)C1. The molecule has 1 atom stereocenters. The number of hydrogen-bond donors (Lipinski definition) is 1. The zero-order chi connectivity index (χ0) is 10.0. The van der Waals surface area contributed by atoms with E-state index < -0.39 is 0 Å². The van der Waals surface area contributed by atoms with Gasteiger partial charge in [0.1, 0.15) is 0 Å². The van der Waals surface area contributed by atoms with Gasteiger partial charge in [0, 0.05) is 32.5 Å². The Morgan fingerprint density at radius 1 is 1.43 bits per heavy atom. The van der Waals surface area contributed by atoms with E-state index in [1.807, 2.05) is 0 Å². The summed E-state index contributed by atoms with van der Waals surface area (Å²) in [4.78, 5) is 0. The van der Waals surface area contributed by atoms with Crippen LogP contribution >= 0.6 is 0 Å². The number of rotatable bonds is 3. The molecule has 0 radical (unpaired) electrons. The second-order valence-corrected chi connectivity index (χ2v) is 4.45. The minimum Gasteiger partial charge on any atom is -0.378 e. The van der Waals surface area contributed by atoms with Gasteiger partial charge in [0.05, 0.1) is 17.8 Å². The van der Waals surface area contributed by atoms with Crippen molar-refractivity contribution in [3.05, 3.63) is 0 Å². The summed E-state index contributed by atoms with van der Waals surface area (Å²) in [5.41, 5.74) is 0.110. The number of morpholine rings is 1. The van der Waals surface area contributed by atoms with Crippen molar-refractivity contribution in [1.82, 2.24) is 5.32 Å². The molecule has 1 saturated carbocycles. The molecule has 1 unspecified atom stereocenters. The Kier molecular flexibility index (Phi) is 3.10. The summed E-state index contributed by atoms with van der Waals surface area (Å²) in [7, 11) is 0. The van der Waals surface area contributed by atoms with Crippen molar-refractivity contribution in [3.63, 3.8) is 0 Å². The van der Waals surface area contributed by atoms with Gasteiger partial charge in [0.25, 0.3) is 0 Å². The lowest BCUT2D eigenvalue weighted by atomic mass is 9.76. The maximum atomic E-state index is 6.09. The van der Waals surface area contributed by atoms with Crippen molar-refractivity contribution < 1.29 is 9.47 Å². The van der Waals surface area contributed by atoms with Crippen LogP contribution in [0.25, 0.3) is 0 Å². The summed E-state index contributed by atoms with van der Waals surface area (Å²) in [6, 6.07) is 0. The molecule has 0 aromatic rings. The largest absolute Gasteiger partial charge is 0.378 e. The van der Waals surface area contributed by atoms with Gasteiger partial charge in [-0.1, -0.05) is 6.92 Å². The molecule has 2 rings (SSSR count). The first-order valence-electron chi connectivity index (χ1n) is 5.78. The van der Waals surface area contributed by atoms with Crippen molar-refractivity contribution in [3.8, 4) is 0 Å². The Bertz CT molecular complexity index is 190. The van der Waals surface area contributed by atoms with Crippen LogP contribution in [0.1, 0.15) is 33.1 Å². The van der Waals surface area contributed by atoms with Crippen LogP contribution in [0.15, 0.2) is 0 Å². The van der Waals surface area contributed by atoms with Gasteiger partial charge < -0.3 is 14.8 Å². The first-order chi connectivity index (χ1) is 6.78. The highest BCUT2D eigenvalue weighted by atomic mass is 16.5. The van der Waals surface area contributed by atoms with E-state index in [2.05, 4.69) is 19.2 Å². The van der Waals surface area contributed by atoms with Gasteiger partial charge in [0.15, 0.2) is 0 Å². The van der Waals surface area contributed by atoms with Gasteiger partial charge >= 0.3 is 0 Å². The van der Waals surface area contributed by atoms with Gasteiger partial charge in [-0.15, -0.1) is 0 Å².